The fourth-order valence-corrected chi connectivity index (χ4v) is 1.03. The minimum absolute atomic E-state index is 0.0933. The maximum Gasteiger partial charge on any atom is 0.306 e. The second-order valence-corrected chi connectivity index (χ2v) is 4.17. The largest absolute Gasteiger partial charge is 0.465 e. The average molecular weight is 202 g/mol. The van der Waals surface area contributed by atoms with Gasteiger partial charge in [-0.25, -0.2) is 0 Å². The van der Waals surface area contributed by atoms with Crippen LogP contribution in [0.2, 0.25) is 0 Å². The highest BCUT2D eigenvalue weighted by atomic mass is 16.5. The maximum absolute atomic E-state index is 11.2. The fourth-order valence-electron chi connectivity index (χ4n) is 1.03. The van der Waals surface area contributed by atoms with E-state index in [0.717, 1.165) is 13.0 Å². The summed E-state index contributed by atoms with van der Waals surface area (Å²) >= 11 is 0. The summed E-state index contributed by atoms with van der Waals surface area (Å²) in [6.07, 6.45) is 1.45. The van der Waals surface area contributed by atoms with Crippen molar-refractivity contribution in [3.05, 3.63) is 0 Å². The summed E-state index contributed by atoms with van der Waals surface area (Å²) in [5, 5.41) is 0. The van der Waals surface area contributed by atoms with Crippen molar-refractivity contribution in [2.75, 3.05) is 20.3 Å². The molecule has 3 nitrogen and oxygen atoms in total. The van der Waals surface area contributed by atoms with Crippen molar-refractivity contribution in [1.82, 2.24) is 0 Å². The van der Waals surface area contributed by atoms with E-state index in [9.17, 15) is 4.79 Å². The molecule has 3 heteroatoms. The van der Waals surface area contributed by atoms with Crippen LogP contribution in [-0.4, -0.2) is 26.3 Å². The Morgan fingerprint density at radius 1 is 1.29 bits per heavy atom. The SMILES string of the molecule is COCCC(C)COC(=O)CC(C)C. The number of carbonyl (C=O) groups excluding carboxylic acids is 1. The van der Waals surface area contributed by atoms with Crippen LogP contribution >= 0.6 is 0 Å². The second kappa shape index (κ2) is 7.80. The van der Waals surface area contributed by atoms with Gasteiger partial charge in [0.2, 0.25) is 0 Å². The van der Waals surface area contributed by atoms with Crippen LogP contribution in [0, 0.1) is 11.8 Å². The summed E-state index contributed by atoms with van der Waals surface area (Å²) in [6, 6.07) is 0. The summed E-state index contributed by atoms with van der Waals surface area (Å²) in [6.45, 7) is 7.31. The summed E-state index contributed by atoms with van der Waals surface area (Å²) in [5.74, 6) is 0.659. The van der Waals surface area contributed by atoms with Crippen LogP contribution in [0.3, 0.4) is 0 Å². The molecule has 0 radical (unpaired) electrons. The molecule has 0 aliphatic rings. The molecule has 0 spiro atoms. The molecule has 0 bridgehead atoms. The van der Waals surface area contributed by atoms with Crippen molar-refractivity contribution in [2.45, 2.75) is 33.6 Å². The van der Waals surface area contributed by atoms with Gasteiger partial charge in [-0.1, -0.05) is 20.8 Å². The molecule has 14 heavy (non-hydrogen) atoms. The molecule has 0 N–H and O–H groups in total. The van der Waals surface area contributed by atoms with Gasteiger partial charge in [0.05, 0.1) is 6.61 Å². The number of hydrogen-bond donors (Lipinski definition) is 0. The van der Waals surface area contributed by atoms with Crippen molar-refractivity contribution in [3.8, 4) is 0 Å². The van der Waals surface area contributed by atoms with Crippen LogP contribution in [0.15, 0.2) is 0 Å². The van der Waals surface area contributed by atoms with Crippen LogP contribution in [0.5, 0.6) is 0 Å². The number of rotatable bonds is 7. The predicted octanol–water partition coefficient (Wildman–Crippen LogP) is 2.25. The molecule has 0 aromatic carbocycles. The second-order valence-electron chi connectivity index (χ2n) is 4.17. The van der Waals surface area contributed by atoms with Crippen molar-refractivity contribution >= 4 is 5.97 Å². The minimum atomic E-state index is -0.0933. The third-order valence-corrected chi connectivity index (χ3v) is 1.92. The van der Waals surface area contributed by atoms with Gasteiger partial charge in [0.1, 0.15) is 0 Å². The zero-order valence-electron chi connectivity index (χ0n) is 9.71. The van der Waals surface area contributed by atoms with E-state index in [-0.39, 0.29) is 5.97 Å². The first-order chi connectivity index (χ1) is 6.56. The molecule has 0 aromatic rings. The van der Waals surface area contributed by atoms with E-state index in [1.165, 1.54) is 0 Å². The summed E-state index contributed by atoms with van der Waals surface area (Å²) < 4.78 is 10.1. The Labute approximate surface area is 86.8 Å². The molecule has 0 heterocycles. The van der Waals surface area contributed by atoms with Gasteiger partial charge in [0, 0.05) is 20.1 Å². The lowest BCUT2D eigenvalue weighted by molar-refractivity contribution is -0.145. The van der Waals surface area contributed by atoms with Crippen LogP contribution in [0.25, 0.3) is 0 Å². The monoisotopic (exact) mass is 202 g/mol. The first-order valence-electron chi connectivity index (χ1n) is 5.20. The van der Waals surface area contributed by atoms with Gasteiger partial charge in [-0.2, -0.15) is 0 Å². The molecule has 1 atom stereocenters. The van der Waals surface area contributed by atoms with E-state index in [1.807, 2.05) is 13.8 Å². The Balaban J connectivity index is 3.45. The molecule has 0 rings (SSSR count). The topological polar surface area (TPSA) is 35.5 Å². The maximum atomic E-state index is 11.2. The lowest BCUT2D eigenvalue weighted by Gasteiger charge is -2.12. The zero-order chi connectivity index (χ0) is 11.0. The van der Waals surface area contributed by atoms with Gasteiger partial charge in [-0.15, -0.1) is 0 Å². The van der Waals surface area contributed by atoms with Crippen LogP contribution in [0.1, 0.15) is 33.6 Å². The molecule has 84 valence electrons. The summed E-state index contributed by atoms with van der Waals surface area (Å²) in [5.41, 5.74) is 0. The number of ether oxygens (including phenoxy) is 2. The third kappa shape index (κ3) is 8.05. The number of methoxy groups -OCH3 is 1. The molecule has 0 aliphatic carbocycles. The zero-order valence-corrected chi connectivity index (χ0v) is 9.71. The van der Waals surface area contributed by atoms with Crippen molar-refractivity contribution in [2.24, 2.45) is 11.8 Å². The normalized spacial score (nSPS) is 12.9. The lowest BCUT2D eigenvalue weighted by Crippen LogP contribution is -2.14. The van der Waals surface area contributed by atoms with Crippen molar-refractivity contribution in [3.63, 3.8) is 0 Å². The first-order valence-corrected chi connectivity index (χ1v) is 5.20. The van der Waals surface area contributed by atoms with Gasteiger partial charge in [-0.05, 0) is 18.3 Å². The molecule has 0 fully saturated rings. The van der Waals surface area contributed by atoms with Gasteiger partial charge in [0.15, 0.2) is 0 Å². The molecule has 0 saturated heterocycles. The van der Waals surface area contributed by atoms with Crippen LogP contribution < -0.4 is 0 Å². The van der Waals surface area contributed by atoms with Gasteiger partial charge >= 0.3 is 5.97 Å². The number of hydrogen-bond acceptors (Lipinski definition) is 3. The third-order valence-electron chi connectivity index (χ3n) is 1.92. The Bertz CT molecular complexity index is 155. The highest BCUT2D eigenvalue weighted by Crippen LogP contribution is 2.05. The first kappa shape index (κ1) is 13.4. The Morgan fingerprint density at radius 3 is 2.43 bits per heavy atom. The van der Waals surface area contributed by atoms with E-state index >= 15 is 0 Å². The van der Waals surface area contributed by atoms with Gasteiger partial charge < -0.3 is 9.47 Å². The minimum Gasteiger partial charge on any atom is -0.465 e. The number of carbonyl (C=O) groups is 1. The summed E-state index contributed by atoms with van der Waals surface area (Å²) in [7, 11) is 1.68. The average Bonchev–Trinajstić information content (AvgIpc) is 2.10. The molecule has 0 amide bonds. The molecule has 1 unspecified atom stereocenters. The predicted molar refractivity (Wildman–Crippen MR) is 56.1 cm³/mol. The molecule has 0 saturated carbocycles. The quantitative estimate of drug-likeness (QED) is 0.594. The fraction of sp³-hybridized carbons (Fsp3) is 0.909. The molecule has 0 aromatic heterocycles. The van der Waals surface area contributed by atoms with E-state index in [0.29, 0.717) is 24.9 Å². The van der Waals surface area contributed by atoms with E-state index in [2.05, 4.69) is 6.92 Å². The van der Waals surface area contributed by atoms with E-state index in [4.69, 9.17) is 9.47 Å². The standard InChI is InChI=1S/C11H22O3/c1-9(2)7-11(12)14-8-10(3)5-6-13-4/h9-10H,5-8H2,1-4H3. The van der Waals surface area contributed by atoms with Gasteiger partial charge in [-0.3, -0.25) is 4.79 Å². The Morgan fingerprint density at radius 2 is 1.93 bits per heavy atom. The molecule has 0 aliphatic heterocycles. The van der Waals surface area contributed by atoms with E-state index < -0.39 is 0 Å². The molecular weight excluding hydrogens is 180 g/mol. The highest BCUT2D eigenvalue weighted by molar-refractivity contribution is 5.69. The Kier molecular flexibility index (Phi) is 7.48. The highest BCUT2D eigenvalue weighted by Gasteiger charge is 2.08. The lowest BCUT2D eigenvalue weighted by atomic mass is 10.1. The number of esters is 1. The van der Waals surface area contributed by atoms with E-state index in [1.54, 1.807) is 7.11 Å². The molecular formula is C11H22O3. The van der Waals surface area contributed by atoms with Gasteiger partial charge in [0.25, 0.3) is 0 Å². The summed E-state index contributed by atoms with van der Waals surface area (Å²) in [4.78, 5) is 11.2. The Hall–Kier alpha value is -0.570. The smallest absolute Gasteiger partial charge is 0.306 e. The van der Waals surface area contributed by atoms with Crippen molar-refractivity contribution in [1.29, 1.82) is 0 Å². The van der Waals surface area contributed by atoms with Crippen LogP contribution in [0.4, 0.5) is 0 Å². The van der Waals surface area contributed by atoms with Crippen molar-refractivity contribution < 1.29 is 14.3 Å². The van der Waals surface area contributed by atoms with Crippen LogP contribution in [-0.2, 0) is 14.3 Å².